The van der Waals surface area contributed by atoms with Crippen LogP contribution in [0.15, 0.2) is 72.8 Å². The van der Waals surface area contributed by atoms with Crippen molar-refractivity contribution in [2.45, 2.75) is 0 Å². The number of anilines is 1. The Bertz CT molecular complexity index is 1180. The molecule has 1 amide bonds. The lowest BCUT2D eigenvalue weighted by Gasteiger charge is -2.17. The van der Waals surface area contributed by atoms with Crippen LogP contribution in [-0.4, -0.2) is 85.2 Å². The van der Waals surface area contributed by atoms with E-state index in [1.165, 1.54) is 0 Å². The van der Waals surface area contributed by atoms with Crippen molar-refractivity contribution in [3.8, 4) is 23.0 Å². The van der Waals surface area contributed by atoms with E-state index >= 15 is 0 Å². The molecule has 0 aromatic heterocycles. The number of ether oxygens (including phenoxy) is 8. The van der Waals surface area contributed by atoms with Gasteiger partial charge in [0.2, 0.25) is 0 Å². The third kappa shape index (κ3) is 10.6. The third-order valence-corrected chi connectivity index (χ3v) is 5.78. The third-order valence-electron chi connectivity index (χ3n) is 5.78. The van der Waals surface area contributed by atoms with Crippen LogP contribution >= 0.6 is 0 Å². The van der Waals surface area contributed by atoms with Crippen molar-refractivity contribution in [3.05, 3.63) is 78.4 Å². The summed E-state index contributed by atoms with van der Waals surface area (Å²) in [6.45, 7) is 4.34. The molecule has 41 heavy (non-hydrogen) atoms. The molecule has 1 N–H and O–H groups in total. The molecule has 1 heterocycles. The second-order valence-electron chi connectivity index (χ2n) is 8.74. The van der Waals surface area contributed by atoms with Gasteiger partial charge < -0.3 is 43.2 Å². The predicted molar refractivity (Wildman–Crippen MR) is 153 cm³/mol. The Morgan fingerprint density at radius 1 is 0.463 bits per heavy atom. The fraction of sp³-hybridized carbons (Fsp3) is 0.387. The first-order valence-electron chi connectivity index (χ1n) is 13.7. The Morgan fingerprint density at radius 2 is 0.902 bits per heavy atom. The molecule has 3 aromatic carbocycles. The van der Waals surface area contributed by atoms with E-state index in [0.29, 0.717) is 100 Å². The van der Waals surface area contributed by atoms with Crippen molar-refractivity contribution >= 4 is 11.6 Å². The zero-order valence-corrected chi connectivity index (χ0v) is 23.1. The van der Waals surface area contributed by atoms with Crippen molar-refractivity contribution in [2.24, 2.45) is 0 Å². The van der Waals surface area contributed by atoms with Crippen LogP contribution in [0.5, 0.6) is 23.0 Å². The number of nitrogens with one attached hydrogen (secondary N) is 1. The lowest BCUT2D eigenvalue weighted by molar-refractivity contribution is 0.0223. The van der Waals surface area contributed by atoms with Gasteiger partial charge in [0.15, 0.2) is 23.0 Å². The molecule has 0 atom stereocenters. The van der Waals surface area contributed by atoms with E-state index in [2.05, 4.69) is 5.32 Å². The SMILES string of the molecule is O=C(Nc1ccccc1)c1cccc2c1OCCOCCOCCOc1ccccc1OCCOCCOCCO2. The molecule has 220 valence electrons. The summed E-state index contributed by atoms with van der Waals surface area (Å²) in [5.74, 6) is 1.79. The molecule has 0 fully saturated rings. The molecule has 10 nitrogen and oxygen atoms in total. The zero-order chi connectivity index (χ0) is 28.4. The van der Waals surface area contributed by atoms with Crippen LogP contribution in [0.4, 0.5) is 5.69 Å². The second kappa shape index (κ2) is 17.8. The number of carbonyl (C=O) groups is 1. The Balaban J connectivity index is 1.33. The number of benzene rings is 3. The molecule has 4 rings (SSSR count). The van der Waals surface area contributed by atoms with Crippen LogP contribution in [0.2, 0.25) is 0 Å². The van der Waals surface area contributed by atoms with Crippen LogP contribution < -0.4 is 24.3 Å². The molecular formula is C31H37NO9. The molecule has 1 aliphatic heterocycles. The number of rotatable bonds is 2. The standard InChI is InChI=1S/C31H37NO9/c33-31(32-25-7-2-1-3-8-25)26-9-6-12-29-30(26)41-24-20-37-16-15-35-18-22-39-28-11-5-4-10-27(28)38-21-17-34-13-14-36-19-23-40-29/h1-12H,13-24H2,(H,32,33). The van der Waals surface area contributed by atoms with Gasteiger partial charge in [-0.05, 0) is 36.4 Å². The van der Waals surface area contributed by atoms with Gasteiger partial charge in [0, 0.05) is 5.69 Å². The lowest BCUT2D eigenvalue weighted by Crippen LogP contribution is -2.18. The van der Waals surface area contributed by atoms with Crippen molar-refractivity contribution in [2.75, 3.05) is 84.6 Å². The molecule has 0 unspecified atom stereocenters. The Kier molecular flexibility index (Phi) is 13.1. The van der Waals surface area contributed by atoms with Crippen molar-refractivity contribution in [1.29, 1.82) is 0 Å². The molecule has 1 aliphatic rings. The maximum absolute atomic E-state index is 13.1. The highest BCUT2D eigenvalue weighted by Gasteiger charge is 2.18. The van der Waals surface area contributed by atoms with Gasteiger partial charge in [-0.15, -0.1) is 0 Å². The number of para-hydroxylation sites is 4. The number of carbonyl (C=O) groups excluding carboxylic acids is 1. The second-order valence-corrected chi connectivity index (χ2v) is 8.74. The molecule has 10 heteroatoms. The van der Waals surface area contributed by atoms with E-state index in [1.807, 2.05) is 54.6 Å². The summed E-state index contributed by atoms with van der Waals surface area (Å²) < 4.78 is 46.1. The van der Waals surface area contributed by atoms with Gasteiger partial charge in [-0.2, -0.15) is 0 Å². The number of amides is 1. The summed E-state index contributed by atoms with van der Waals surface area (Å²) >= 11 is 0. The van der Waals surface area contributed by atoms with Crippen LogP contribution in [0.1, 0.15) is 10.4 Å². The summed E-state index contributed by atoms with van der Waals surface area (Å²) in [6.07, 6.45) is 0. The fourth-order valence-electron chi connectivity index (χ4n) is 3.84. The summed E-state index contributed by atoms with van der Waals surface area (Å²) in [6, 6.07) is 21.9. The van der Waals surface area contributed by atoms with Crippen LogP contribution in [-0.2, 0) is 18.9 Å². The summed E-state index contributed by atoms with van der Waals surface area (Å²) in [5.41, 5.74) is 1.04. The molecule has 0 aliphatic carbocycles. The van der Waals surface area contributed by atoms with Gasteiger partial charge in [-0.1, -0.05) is 36.4 Å². The highest BCUT2D eigenvalue weighted by atomic mass is 16.6. The van der Waals surface area contributed by atoms with Gasteiger partial charge in [0.05, 0.1) is 58.4 Å². The van der Waals surface area contributed by atoms with E-state index in [9.17, 15) is 4.79 Å². The first kappa shape index (κ1) is 30.1. The maximum Gasteiger partial charge on any atom is 0.259 e. The Hall–Kier alpha value is -3.83. The van der Waals surface area contributed by atoms with E-state index in [4.69, 9.17) is 37.9 Å². The summed E-state index contributed by atoms with van der Waals surface area (Å²) in [4.78, 5) is 13.1. The lowest BCUT2D eigenvalue weighted by atomic mass is 10.1. The molecule has 3 aromatic rings. The van der Waals surface area contributed by atoms with Gasteiger partial charge in [-0.25, -0.2) is 0 Å². The molecule has 0 radical (unpaired) electrons. The van der Waals surface area contributed by atoms with E-state index in [-0.39, 0.29) is 19.1 Å². The Labute approximate surface area is 240 Å². The minimum absolute atomic E-state index is 0.222. The highest BCUT2D eigenvalue weighted by molar-refractivity contribution is 6.06. The van der Waals surface area contributed by atoms with E-state index < -0.39 is 0 Å². The monoisotopic (exact) mass is 567 g/mol. The first-order chi connectivity index (χ1) is 20.3. The van der Waals surface area contributed by atoms with Crippen LogP contribution in [0.25, 0.3) is 0 Å². The highest BCUT2D eigenvalue weighted by Crippen LogP contribution is 2.32. The predicted octanol–water partition coefficient (Wildman–Crippen LogP) is 4.23. The van der Waals surface area contributed by atoms with Gasteiger partial charge in [0.1, 0.15) is 26.4 Å². The average Bonchev–Trinajstić information content (AvgIpc) is 3.00. The fourth-order valence-corrected chi connectivity index (χ4v) is 3.84. The summed E-state index contributed by atoms with van der Waals surface area (Å²) in [5, 5.41) is 2.90. The summed E-state index contributed by atoms with van der Waals surface area (Å²) in [7, 11) is 0. The molecule has 0 saturated heterocycles. The van der Waals surface area contributed by atoms with Gasteiger partial charge in [0.25, 0.3) is 5.91 Å². The van der Waals surface area contributed by atoms with Crippen molar-refractivity contribution in [1.82, 2.24) is 0 Å². The largest absolute Gasteiger partial charge is 0.487 e. The van der Waals surface area contributed by atoms with Crippen LogP contribution in [0.3, 0.4) is 0 Å². The molecule has 0 saturated carbocycles. The molecule has 0 spiro atoms. The minimum atomic E-state index is -0.304. The van der Waals surface area contributed by atoms with Crippen molar-refractivity contribution < 1.29 is 42.7 Å². The normalized spacial score (nSPS) is 16.6. The Morgan fingerprint density at radius 3 is 1.46 bits per heavy atom. The van der Waals surface area contributed by atoms with Crippen LogP contribution in [0, 0.1) is 0 Å². The minimum Gasteiger partial charge on any atom is -0.487 e. The quantitative estimate of drug-likeness (QED) is 0.487. The maximum atomic E-state index is 13.1. The van der Waals surface area contributed by atoms with Gasteiger partial charge >= 0.3 is 0 Å². The zero-order valence-electron chi connectivity index (χ0n) is 23.1. The number of fused-ring (bicyclic) bond motifs is 2. The van der Waals surface area contributed by atoms with E-state index in [0.717, 1.165) is 0 Å². The van der Waals surface area contributed by atoms with E-state index in [1.54, 1.807) is 18.2 Å². The first-order valence-corrected chi connectivity index (χ1v) is 13.7. The van der Waals surface area contributed by atoms with Crippen molar-refractivity contribution in [3.63, 3.8) is 0 Å². The average molecular weight is 568 g/mol. The smallest absolute Gasteiger partial charge is 0.259 e. The van der Waals surface area contributed by atoms with Gasteiger partial charge in [-0.3, -0.25) is 4.79 Å². The number of hydrogen-bond acceptors (Lipinski definition) is 9. The molecule has 0 bridgehead atoms. The number of hydrogen-bond donors (Lipinski definition) is 1. The molecular weight excluding hydrogens is 530 g/mol. The topological polar surface area (TPSA) is 103 Å².